The van der Waals surface area contributed by atoms with Crippen molar-refractivity contribution >= 4 is 33.2 Å². The highest BCUT2D eigenvalue weighted by molar-refractivity contribution is 9.10. The summed E-state index contributed by atoms with van der Waals surface area (Å²) in [6.45, 7) is 5.49. The Morgan fingerprint density at radius 3 is 2.89 bits per heavy atom. The number of carbonyl (C=O) groups excluding carboxylic acids is 1. The minimum Gasteiger partial charge on any atom is -0.378 e. The van der Waals surface area contributed by atoms with Crippen molar-refractivity contribution in [1.29, 1.82) is 0 Å². The molecule has 1 amide bonds. The van der Waals surface area contributed by atoms with Crippen molar-refractivity contribution in [2.45, 2.75) is 25.9 Å². The maximum atomic E-state index is 12.4. The molecule has 6 heteroatoms. The molecule has 1 aromatic heterocycles. The lowest BCUT2D eigenvalue weighted by Crippen LogP contribution is -2.49. The van der Waals surface area contributed by atoms with E-state index in [0.29, 0.717) is 26.3 Å². The zero-order valence-electron chi connectivity index (χ0n) is 11.0. The third-order valence-electron chi connectivity index (χ3n) is 3.23. The Balaban J connectivity index is 1.88. The number of amides is 1. The number of thiophene rings is 1. The summed E-state index contributed by atoms with van der Waals surface area (Å²) in [4.78, 5) is 15.5. The lowest BCUT2D eigenvalue weighted by atomic mass is 10.2. The molecule has 1 atom stereocenters. The largest absolute Gasteiger partial charge is 0.378 e. The Morgan fingerprint density at radius 1 is 1.58 bits per heavy atom. The van der Waals surface area contributed by atoms with Crippen molar-refractivity contribution < 1.29 is 9.53 Å². The summed E-state index contributed by atoms with van der Waals surface area (Å²) in [5.41, 5.74) is 0. The number of morpholine rings is 1. The molecule has 19 heavy (non-hydrogen) atoms. The number of carbonyl (C=O) groups is 1. The topological polar surface area (TPSA) is 41.6 Å². The Labute approximate surface area is 126 Å². The van der Waals surface area contributed by atoms with Crippen molar-refractivity contribution in [3.63, 3.8) is 0 Å². The third kappa shape index (κ3) is 4.02. The van der Waals surface area contributed by atoms with Gasteiger partial charge in [0.15, 0.2) is 0 Å². The second-order valence-electron chi connectivity index (χ2n) is 4.47. The lowest BCUT2D eigenvalue weighted by Gasteiger charge is -2.30. The van der Waals surface area contributed by atoms with E-state index in [-0.39, 0.29) is 11.9 Å². The minimum absolute atomic E-state index is 0.105. The van der Waals surface area contributed by atoms with E-state index < -0.39 is 0 Å². The number of rotatable bonds is 5. The molecule has 0 radical (unpaired) electrons. The molecular weight excluding hydrogens is 328 g/mol. The number of hydrogen-bond acceptors (Lipinski definition) is 4. The maximum absolute atomic E-state index is 12.4. The van der Waals surface area contributed by atoms with Crippen LogP contribution in [0.25, 0.3) is 0 Å². The number of hydrogen-bond donors (Lipinski definition) is 1. The molecule has 0 aromatic carbocycles. The highest BCUT2D eigenvalue weighted by Gasteiger charge is 2.24. The number of nitrogens with zero attached hydrogens (tertiary/aromatic N) is 1. The molecule has 0 bridgehead atoms. The second kappa shape index (κ2) is 7.38. The Kier molecular flexibility index (Phi) is 5.81. The number of nitrogens with one attached hydrogen (secondary N) is 1. The van der Waals surface area contributed by atoms with Crippen LogP contribution in [0.1, 0.15) is 18.2 Å². The number of halogens is 1. The molecule has 106 valence electrons. The summed E-state index contributed by atoms with van der Waals surface area (Å²) in [7, 11) is 0. The molecule has 1 fully saturated rings. The summed E-state index contributed by atoms with van der Waals surface area (Å²) < 4.78 is 6.39. The van der Waals surface area contributed by atoms with Gasteiger partial charge in [0.1, 0.15) is 0 Å². The van der Waals surface area contributed by atoms with E-state index in [1.165, 1.54) is 4.88 Å². The molecule has 2 heterocycles. The van der Waals surface area contributed by atoms with Crippen molar-refractivity contribution in [2.24, 2.45) is 0 Å². The molecule has 4 nitrogen and oxygen atoms in total. The van der Waals surface area contributed by atoms with E-state index in [2.05, 4.69) is 21.2 Å². The van der Waals surface area contributed by atoms with Crippen LogP contribution in [-0.4, -0.2) is 43.2 Å². The lowest BCUT2D eigenvalue weighted by molar-refractivity contribution is -0.137. The van der Waals surface area contributed by atoms with Gasteiger partial charge in [-0.25, -0.2) is 0 Å². The Bertz CT molecular complexity index is 419. The van der Waals surface area contributed by atoms with Gasteiger partial charge in [0, 0.05) is 29.0 Å². The van der Waals surface area contributed by atoms with Crippen LogP contribution in [0.2, 0.25) is 0 Å². The van der Waals surface area contributed by atoms with Gasteiger partial charge < -0.3 is 15.0 Å². The van der Waals surface area contributed by atoms with Gasteiger partial charge in [-0.3, -0.25) is 4.79 Å². The highest BCUT2D eigenvalue weighted by Crippen LogP contribution is 2.22. The van der Waals surface area contributed by atoms with Gasteiger partial charge in [-0.1, -0.05) is 6.92 Å². The van der Waals surface area contributed by atoms with Gasteiger partial charge in [-0.2, -0.15) is 0 Å². The molecule has 1 aromatic rings. The van der Waals surface area contributed by atoms with Gasteiger partial charge in [0.05, 0.1) is 19.3 Å². The first-order chi connectivity index (χ1) is 9.22. The monoisotopic (exact) mass is 346 g/mol. The minimum atomic E-state index is -0.105. The zero-order valence-corrected chi connectivity index (χ0v) is 13.4. The Hall–Kier alpha value is -0.430. The van der Waals surface area contributed by atoms with Crippen LogP contribution in [0, 0.1) is 0 Å². The first-order valence-corrected chi connectivity index (χ1v) is 8.21. The molecule has 0 saturated carbocycles. The molecule has 0 aliphatic carbocycles. The highest BCUT2D eigenvalue weighted by atomic mass is 79.9. The van der Waals surface area contributed by atoms with Crippen molar-refractivity contribution in [3.8, 4) is 0 Å². The fourth-order valence-corrected chi connectivity index (χ4v) is 3.52. The van der Waals surface area contributed by atoms with Crippen LogP contribution >= 0.6 is 27.3 Å². The molecule has 1 aliphatic heterocycles. The molecule has 1 N–H and O–H groups in total. The van der Waals surface area contributed by atoms with E-state index in [1.54, 1.807) is 11.3 Å². The summed E-state index contributed by atoms with van der Waals surface area (Å²) in [6, 6.07) is 1.93. The fourth-order valence-electron chi connectivity index (χ4n) is 2.08. The van der Waals surface area contributed by atoms with Crippen LogP contribution in [-0.2, 0) is 16.1 Å². The molecule has 0 spiro atoms. The summed E-state index contributed by atoms with van der Waals surface area (Å²) >= 11 is 5.21. The smallest absolute Gasteiger partial charge is 0.239 e. The molecular formula is C13H19BrN2O2S. The van der Waals surface area contributed by atoms with Crippen LogP contribution in [0.3, 0.4) is 0 Å². The van der Waals surface area contributed by atoms with Gasteiger partial charge in [0.25, 0.3) is 0 Å². The summed E-state index contributed by atoms with van der Waals surface area (Å²) in [5, 5.41) is 5.41. The predicted octanol–water partition coefficient (Wildman–Crippen LogP) is 2.24. The first kappa shape index (κ1) is 15.0. The van der Waals surface area contributed by atoms with Gasteiger partial charge in [-0.05, 0) is 33.8 Å². The van der Waals surface area contributed by atoms with E-state index in [9.17, 15) is 4.79 Å². The first-order valence-electron chi connectivity index (χ1n) is 6.54. The quantitative estimate of drug-likeness (QED) is 0.888. The van der Waals surface area contributed by atoms with Crippen LogP contribution in [0.4, 0.5) is 0 Å². The van der Waals surface area contributed by atoms with E-state index >= 15 is 0 Å². The standard InChI is InChI=1S/C13H19BrN2O2S/c1-2-11(13(17)16-4-6-18-7-5-16)15-9-12-10(14)3-8-19-12/h3,8,11,15H,2,4-7,9H2,1H3. The normalized spacial score (nSPS) is 17.5. The van der Waals surface area contributed by atoms with Crippen LogP contribution in [0.5, 0.6) is 0 Å². The van der Waals surface area contributed by atoms with Crippen LogP contribution < -0.4 is 5.32 Å². The average Bonchev–Trinajstić information content (AvgIpc) is 2.86. The SMILES string of the molecule is CCC(NCc1sccc1Br)C(=O)N1CCOCC1. The third-order valence-corrected chi connectivity index (χ3v) is 5.16. The van der Waals surface area contributed by atoms with Crippen LogP contribution in [0.15, 0.2) is 15.9 Å². The van der Waals surface area contributed by atoms with E-state index in [1.807, 2.05) is 23.3 Å². The second-order valence-corrected chi connectivity index (χ2v) is 6.33. The van der Waals surface area contributed by atoms with Gasteiger partial charge >= 0.3 is 0 Å². The average molecular weight is 347 g/mol. The summed E-state index contributed by atoms with van der Waals surface area (Å²) in [6.07, 6.45) is 0.805. The molecule has 1 aliphatic rings. The van der Waals surface area contributed by atoms with Crippen molar-refractivity contribution in [2.75, 3.05) is 26.3 Å². The van der Waals surface area contributed by atoms with E-state index in [4.69, 9.17) is 4.74 Å². The predicted molar refractivity (Wildman–Crippen MR) is 80.3 cm³/mol. The van der Waals surface area contributed by atoms with Crippen molar-refractivity contribution in [1.82, 2.24) is 10.2 Å². The van der Waals surface area contributed by atoms with E-state index in [0.717, 1.165) is 17.4 Å². The molecule has 1 saturated heterocycles. The number of ether oxygens (including phenoxy) is 1. The Morgan fingerprint density at radius 2 is 2.32 bits per heavy atom. The zero-order chi connectivity index (χ0) is 13.7. The van der Waals surface area contributed by atoms with Crippen molar-refractivity contribution in [3.05, 3.63) is 20.8 Å². The summed E-state index contributed by atoms with van der Waals surface area (Å²) in [5.74, 6) is 0.193. The molecule has 2 rings (SSSR count). The van der Waals surface area contributed by atoms with Gasteiger partial charge in [0.2, 0.25) is 5.91 Å². The molecule has 1 unspecified atom stereocenters. The maximum Gasteiger partial charge on any atom is 0.239 e. The van der Waals surface area contributed by atoms with Gasteiger partial charge in [-0.15, -0.1) is 11.3 Å². The fraction of sp³-hybridized carbons (Fsp3) is 0.615.